The molecule has 1 aliphatic rings. The molecule has 1 fully saturated rings. The summed E-state index contributed by atoms with van der Waals surface area (Å²) in [6.45, 7) is 3.91. The summed E-state index contributed by atoms with van der Waals surface area (Å²) in [5, 5.41) is 0. The fourth-order valence-electron chi connectivity index (χ4n) is 2.23. The molecule has 1 aliphatic heterocycles. The van der Waals surface area contributed by atoms with E-state index in [4.69, 9.17) is 9.47 Å². The van der Waals surface area contributed by atoms with Crippen molar-refractivity contribution >= 4 is 0 Å². The van der Waals surface area contributed by atoms with E-state index in [0.717, 1.165) is 38.2 Å². The van der Waals surface area contributed by atoms with E-state index in [1.54, 1.807) is 0 Å². The standard InChI is InChI=1S/C15H22O2/c1-2-13-6-3-7-15(12-13)17-11-5-9-14-8-4-10-16-14/h3,6-7,12,14H,2,4-5,8-11H2,1H3. The van der Waals surface area contributed by atoms with Crippen LogP contribution in [0, 0.1) is 0 Å². The normalized spacial score (nSPS) is 19.5. The van der Waals surface area contributed by atoms with E-state index in [0.29, 0.717) is 6.10 Å². The lowest BCUT2D eigenvalue weighted by molar-refractivity contribution is 0.0981. The van der Waals surface area contributed by atoms with Gasteiger partial charge in [0.05, 0.1) is 12.7 Å². The van der Waals surface area contributed by atoms with Gasteiger partial charge in [0.1, 0.15) is 5.75 Å². The van der Waals surface area contributed by atoms with Gasteiger partial charge in [-0.2, -0.15) is 0 Å². The zero-order valence-electron chi connectivity index (χ0n) is 10.7. The Bertz CT molecular complexity index is 329. The summed E-state index contributed by atoms with van der Waals surface area (Å²) >= 11 is 0. The molecule has 2 nitrogen and oxygen atoms in total. The number of hydrogen-bond donors (Lipinski definition) is 0. The third-order valence-corrected chi connectivity index (χ3v) is 3.27. The summed E-state index contributed by atoms with van der Waals surface area (Å²) in [4.78, 5) is 0. The zero-order chi connectivity index (χ0) is 11.9. The van der Waals surface area contributed by atoms with Crippen molar-refractivity contribution < 1.29 is 9.47 Å². The molecule has 1 heterocycles. The third kappa shape index (κ3) is 4.04. The molecule has 1 saturated heterocycles. The van der Waals surface area contributed by atoms with Crippen LogP contribution in [0.3, 0.4) is 0 Å². The van der Waals surface area contributed by atoms with E-state index in [1.165, 1.54) is 18.4 Å². The van der Waals surface area contributed by atoms with Crippen molar-refractivity contribution in [3.05, 3.63) is 29.8 Å². The summed E-state index contributed by atoms with van der Waals surface area (Å²) in [6, 6.07) is 8.37. The molecule has 0 spiro atoms. The van der Waals surface area contributed by atoms with Crippen LogP contribution in [0.25, 0.3) is 0 Å². The van der Waals surface area contributed by atoms with E-state index < -0.39 is 0 Å². The Morgan fingerprint density at radius 1 is 1.41 bits per heavy atom. The van der Waals surface area contributed by atoms with Crippen LogP contribution in [0.15, 0.2) is 24.3 Å². The van der Waals surface area contributed by atoms with E-state index >= 15 is 0 Å². The highest BCUT2D eigenvalue weighted by Crippen LogP contribution is 2.18. The topological polar surface area (TPSA) is 18.5 Å². The summed E-state index contributed by atoms with van der Waals surface area (Å²) in [6.07, 6.45) is 6.22. The lowest BCUT2D eigenvalue weighted by Crippen LogP contribution is -2.07. The highest BCUT2D eigenvalue weighted by Gasteiger charge is 2.14. The molecule has 2 heteroatoms. The summed E-state index contributed by atoms with van der Waals surface area (Å²) in [5.41, 5.74) is 1.33. The largest absolute Gasteiger partial charge is 0.494 e. The molecule has 0 N–H and O–H groups in total. The molecule has 0 radical (unpaired) electrons. The van der Waals surface area contributed by atoms with Gasteiger partial charge in [0.25, 0.3) is 0 Å². The Balaban J connectivity index is 1.66. The minimum absolute atomic E-state index is 0.487. The van der Waals surface area contributed by atoms with Gasteiger partial charge in [-0.3, -0.25) is 0 Å². The van der Waals surface area contributed by atoms with Gasteiger partial charge in [0.15, 0.2) is 0 Å². The zero-order valence-corrected chi connectivity index (χ0v) is 10.7. The first-order valence-electron chi connectivity index (χ1n) is 6.72. The molecule has 94 valence electrons. The maximum absolute atomic E-state index is 5.75. The lowest BCUT2D eigenvalue weighted by atomic mass is 10.1. The van der Waals surface area contributed by atoms with Gasteiger partial charge < -0.3 is 9.47 Å². The van der Waals surface area contributed by atoms with Crippen molar-refractivity contribution in [2.75, 3.05) is 13.2 Å². The Hall–Kier alpha value is -1.02. The van der Waals surface area contributed by atoms with Crippen molar-refractivity contribution in [1.29, 1.82) is 0 Å². The van der Waals surface area contributed by atoms with Crippen molar-refractivity contribution in [3.8, 4) is 5.75 Å². The minimum Gasteiger partial charge on any atom is -0.494 e. The fourth-order valence-corrected chi connectivity index (χ4v) is 2.23. The van der Waals surface area contributed by atoms with Gasteiger partial charge in [-0.05, 0) is 49.8 Å². The maximum atomic E-state index is 5.75. The van der Waals surface area contributed by atoms with Gasteiger partial charge in [-0.25, -0.2) is 0 Å². The van der Waals surface area contributed by atoms with Gasteiger partial charge >= 0.3 is 0 Å². The number of ether oxygens (including phenoxy) is 2. The third-order valence-electron chi connectivity index (χ3n) is 3.27. The quantitative estimate of drug-likeness (QED) is 0.700. The van der Waals surface area contributed by atoms with Crippen LogP contribution < -0.4 is 4.74 Å². The van der Waals surface area contributed by atoms with E-state index in [9.17, 15) is 0 Å². The highest BCUT2D eigenvalue weighted by molar-refractivity contribution is 5.28. The van der Waals surface area contributed by atoms with Crippen LogP contribution in [-0.4, -0.2) is 19.3 Å². The molecule has 0 aliphatic carbocycles. The number of benzene rings is 1. The van der Waals surface area contributed by atoms with Crippen molar-refractivity contribution in [2.45, 2.75) is 45.1 Å². The first-order valence-corrected chi connectivity index (χ1v) is 6.72. The Labute approximate surface area is 104 Å². The summed E-state index contributed by atoms with van der Waals surface area (Å²) < 4.78 is 11.3. The van der Waals surface area contributed by atoms with Gasteiger partial charge in [0.2, 0.25) is 0 Å². The fraction of sp³-hybridized carbons (Fsp3) is 0.600. The van der Waals surface area contributed by atoms with Gasteiger partial charge in [-0.15, -0.1) is 0 Å². The Kier molecular flexibility index (Phi) is 4.87. The average molecular weight is 234 g/mol. The van der Waals surface area contributed by atoms with Crippen molar-refractivity contribution in [3.63, 3.8) is 0 Å². The SMILES string of the molecule is CCc1cccc(OCCCC2CCCO2)c1. The molecule has 2 rings (SSSR count). The van der Waals surface area contributed by atoms with Crippen LogP contribution in [-0.2, 0) is 11.2 Å². The monoisotopic (exact) mass is 234 g/mol. The number of aryl methyl sites for hydroxylation is 1. The van der Waals surface area contributed by atoms with Crippen LogP contribution >= 0.6 is 0 Å². The maximum Gasteiger partial charge on any atom is 0.119 e. The molecular formula is C15H22O2. The second-order valence-corrected chi connectivity index (χ2v) is 4.63. The van der Waals surface area contributed by atoms with Crippen LogP contribution in [0.5, 0.6) is 5.75 Å². The predicted molar refractivity (Wildman–Crippen MR) is 69.5 cm³/mol. The highest BCUT2D eigenvalue weighted by atomic mass is 16.5. The molecule has 0 saturated carbocycles. The van der Waals surface area contributed by atoms with Crippen molar-refractivity contribution in [2.24, 2.45) is 0 Å². The van der Waals surface area contributed by atoms with E-state index in [2.05, 4.69) is 25.1 Å². The molecule has 0 aromatic heterocycles. The van der Waals surface area contributed by atoms with Gasteiger partial charge in [0, 0.05) is 6.61 Å². The van der Waals surface area contributed by atoms with Gasteiger partial charge in [-0.1, -0.05) is 19.1 Å². The molecule has 1 atom stereocenters. The second kappa shape index (κ2) is 6.65. The molecule has 0 amide bonds. The molecule has 17 heavy (non-hydrogen) atoms. The predicted octanol–water partition coefficient (Wildman–Crippen LogP) is 3.59. The Morgan fingerprint density at radius 3 is 3.12 bits per heavy atom. The summed E-state index contributed by atoms with van der Waals surface area (Å²) in [5.74, 6) is 0.997. The number of hydrogen-bond acceptors (Lipinski definition) is 2. The molecule has 1 aromatic rings. The molecule has 0 bridgehead atoms. The average Bonchev–Trinajstić information content (AvgIpc) is 2.88. The summed E-state index contributed by atoms with van der Waals surface area (Å²) in [7, 11) is 0. The van der Waals surface area contributed by atoms with Crippen molar-refractivity contribution in [1.82, 2.24) is 0 Å². The first-order chi connectivity index (χ1) is 8.38. The lowest BCUT2D eigenvalue weighted by Gasteiger charge is -2.10. The molecule has 1 unspecified atom stereocenters. The second-order valence-electron chi connectivity index (χ2n) is 4.63. The van der Waals surface area contributed by atoms with Crippen LogP contribution in [0.1, 0.15) is 38.2 Å². The van der Waals surface area contributed by atoms with E-state index in [1.807, 2.05) is 6.07 Å². The first kappa shape index (κ1) is 12.4. The van der Waals surface area contributed by atoms with Crippen LogP contribution in [0.4, 0.5) is 0 Å². The molecular weight excluding hydrogens is 212 g/mol. The smallest absolute Gasteiger partial charge is 0.119 e. The molecule has 1 aromatic carbocycles. The van der Waals surface area contributed by atoms with E-state index in [-0.39, 0.29) is 0 Å². The van der Waals surface area contributed by atoms with Crippen LogP contribution in [0.2, 0.25) is 0 Å². The number of rotatable bonds is 6. The Morgan fingerprint density at radius 2 is 2.35 bits per heavy atom. The minimum atomic E-state index is 0.487.